The SMILES string of the molecule is CCSCc1cc2c(O)cccc2s1. The third kappa shape index (κ3) is 1.88. The van der Waals surface area contributed by atoms with Crippen molar-refractivity contribution < 1.29 is 5.11 Å². The lowest BCUT2D eigenvalue weighted by molar-refractivity contribution is 0.482. The molecule has 0 saturated carbocycles. The third-order valence-electron chi connectivity index (χ3n) is 2.04. The predicted octanol–water partition coefficient (Wildman–Crippen LogP) is 3.86. The molecule has 0 aliphatic rings. The number of hydrogen-bond donors (Lipinski definition) is 1. The summed E-state index contributed by atoms with van der Waals surface area (Å²) in [6.07, 6.45) is 0. The van der Waals surface area contributed by atoms with E-state index in [9.17, 15) is 5.11 Å². The van der Waals surface area contributed by atoms with Crippen LogP contribution in [0, 0.1) is 0 Å². The first-order chi connectivity index (χ1) is 6.81. The van der Waals surface area contributed by atoms with Crippen LogP contribution in [0.15, 0.2) is 24.3 Å². The number of aromatic hydroxyl groups is 1. The van der Waals surface area contributed by atoms with Crippen molar-refractivity contribution in [3.63, 3.8) is 0 Å². The molecule has 14 heavy (non-hydrogen) atoms. The molecule has 0 fully saturated rings. The molecule has 0 aliphatic heterocycles. The third-order valence-corrected chi connectivity index (χ3v) is 4.24. The first-order valence-electron chi connectivity index (χ1n) is 4.59. The van der Waals surface area contributed by atoms with Gasteiger partial charge in [0.25, 0.3) is 0 Å². The Kier molecular flexibility index (Phi) is 2.99. The second-order valence-corrected chi connectivity index (χ2v) is 5.48. The fraction of sp³-hybridized carbons (Fsp3) is 0.273. The van der Waals surface area contributed by atoms with Gasteiger partial charge in [0, 0.05) is 20.7 Å². The normalized spacial score (nSPS) is 10.9. The lowest BCUT2D eigenvalue weighted by atomic mass is 10.2. The van der Waals surface area contributed by atoms with Gasteiger partial charge in [0.1, 0.15) is 5.75 Å². The molecule has 0 saturated heterocycles. The average molecular weight is 224 g/mol. The van der Waals surface area contributed by atoms with Crippen LogP contribution >= 0.6 is 23.1 Å². The quantitative estimate of drug-likeness (QED) is 0.854. The molecule has 1 nitrogen and oxygen atoms in total. The number of thioether (sulfide) groups is 1. The van der Waals surface area contributed by atoms with Crippen molar-refractivity contribution in [1.82, 2.24) is 0 Å². The van der Waals surface area contributed by atoms with E-state index in [4.69, 9.17) is 0 Å². The lowest BCUT2D eigenvalue weighted by Crippen LogP contribution is -1.72. The maximum absolute atomic E-state index is 9.61. The molecule has 0 spiro atoms. The molecule has 1 heterocycles. The molecule has 1 N–H and O–H groups in total. The minimum atomic E-state index is 0.395. The number of thiophene rings is 1. The van der Waals surface area contributed by atoms with E-state index in [-0.39, 0.29) is 0 Å². The monoisotopic (exact) mass is 224 g/mol. The molecule has 0 amide bonds. The van der Waals surface area contributed by atoms with E-state index >= 15 is 0 Å². The van der Waals surface area contributed by atoms with Gasteiger partial charge in [-0.15, -0.1) is 11.3 Å². The largest absolute Gasteiger partial charge is 0.507 e. The minimum absolute atomic E-state index is 0.395. The smallest absolute Gasteiger partial charge is 0.124 e. The van der Waals surface area contributed by atoms with Crippen molar-refractivity contribution in [3.8, 4) is 5.75 Å². The molecule has 0 bridgehead atoms. The number of fused-ring (bicyclic) bond motifs is 1. The molecular weight excluding hydrogens is 212 g/mol. The second-order valence-electron chi connectivity index (χ2n) is 3.04. The molecule has 1 aromatic heterocycles. The Morgan fingerprint density at radius 2 is 2.29 bits per heavy atom. The van der Waals surface area contributed by atoms with Gasteiger partial charge in [-0.1, -0.05) is 13.0 Å². The van der Waals surface area contributed by atoms with Gasteiger partial charge in [-0.25, -0.2) is 0 Å². The van der Waals surface area contributed by atoms with E-state index in [0.29, 0.717) is 5.75 Å². The minimum Gasteiger partial charge on any atom is -0.507 e. The van der Waals surface area contributed by atoms with Crippen LogP contribution in [0.4, 0.5) is 0 Å². The summed E-state index contributed by atoms with van der Waals surface area (Å²) in [7, 11) is 0. The van der Waals surface area contributed by atoms with Gasteiger partial charge in [-0.3, -0.25) is 0 Å². The summed E-state index contributed by atoms with van der Waals surface area (Å²) in [4.78, 5) is 1.34. The first-order valence-corrected chi connectivity index (χ1v) is 6.56. The van der Waals surface area contributed by atoms with Gasteiger partial charge >= 0.3 is 0 Å². The predicted molar refractivity (Wildman–Crippen MR) is 65.3 cm³/mol. The molecule has 74 valence electrons. The van der Waals surface area contributed by atoms with Gasteiger partial charge in [-0.05, 0) is 24.0 Å². The molecule has 0 atom stereocenters. The second kappa shape index (κ2) is 4.24. The molecule has 0 aliphatic carbocycles. The molecule has 2 aromatic rings. The van der Waals surface area contributed by atoms with Crippen molar-refractivity contribution in [1.29, 1.82) is 0 Å². The van der Waals surface area contributed by atoms with Gasteiger partial charge in [-0.2, -0.15) is 11.8 Å². The van der Waals surface area contributed by atoms with Crippen LogP contribution in [0.5, 0.6) is 5.75 Å². The van der Waals surface area contributed by atoms with E-state index in [1.807, 2.05) is 17.8 Å². The lowest BCUT2D eigenvalue weighted by Gasteiger charge is -1.91. The molecule has 0 radical (unpaired) electrons. The van der Waals surface area contributed by atoms with Crippen LogP contribution in [0.25, 0.3) is 10.1 Å². The topological polar surface area (TPSA) is 20.2 Å². The maximum atomic E-state index is 9.61. The molecule has 1 aromatic carbocycles. The number of rotatable bonds is 3. The average Bonchev–Trinajstić information content (AvgIpc) is 2.59. The fourth-order valence-corrected chi connectivity index (χ4v) is 3.23. The van der Waals surface area contributed by atoms with Gasteiger partial charge in [0.15, 0.2) is 0 Å². The van der Waals surface area contributed by atoms with Crippen LogP contribution in [0.1, 0.15) is 11.8 Å². The van der Waals surface area contributed by atoms with E-state index in [1.165, 1.54) is 9.58 Å². The maximum Gasteiger partial charge on any atom is 0.124 e. The number of hydrogen-bond acceptors (Lipinski definition) is 3. The zero-order valence-electron chi connectivity index (χ0n) is 7.99. The van der Waals surface area contributed by atoms with E-state index in [0.717, 1.165) is 16.9 Å². The summed E-state index contributed by atoms with van der Waals surface area (Å²) in [6, 6.07) is 7.79. The van der Waals surface area contributed by atoms with E-state index in [1.54, 1.807) is 17.4 Å². The van der Waals surface area contributed by atoms with E-state index in [2.05, 4.69) is 19.1 Å². The van der Waals surface area contributed by atoms with Crippen molar-refractivity contribution in [2.45, 2.75) is 12.7 Å². The molecule has 0 unspecified atom stereocenters. The van der Waals surface area contributed by atoms with Crippen molar-refractivity contribution >= 4 is 33.2 Å². The Morgan fingerprint density at radius 3 is 3.00 bits per heavy atom. The van der Waals surface area contributed by atoms with Crippen LogP contribution in [0.2, 0.25) is 0 Å². The van der Waals surface area contributed by atoms with Crippen molar-refractivity contribution in [3.05, 3.63) is 29.1 Å². The summed E-state index contributed by atoms with van der Waals surface area (Å²) in [5.41, 5.74) is 0. The highest BCUT2D eigenvalue weighted by Crippen LogP contribution is 2.33. The Labute approximate surface area is 91.8 Å². The summed E-state index contributed by atoms with van der Waals surface area (Å²) in [5, 5.41) is 10.6. The van der Waals surface area contributed by atoms with Gasteiger partial charge in [0.05, 0.1) is 0 Å². The zero-order chi connectivity index (χ0) is 9.97. The highest BCUT2D eigenvalue weighted by Gasteiger charge is 2.04. The van der Waals surface area contributed by atoms with Crippen molar-refractivity contribution in [2.24, 2.45) is 0 Å². The van der Waals surface area contributed by atoms with Crippen LogP contribution < -0.4 is 0 Å². The highest BCUT2D eigenvalue weighted by atomic mass is 32.2. The summed E-state index contributed by atoms with van der Waals surface area (Å²) in [5.74, 6) is 2.58. The Morgan fingerprint density at radius 1 is 1.43 bits per heavy atom. The fourth-order valence-electron chi connectivity index (χ4n) is 1.37. The van der Waals surface area contributed by atoms with Gasteiger partial charge < -0.3 is 5.11 Å². The molecule has 3 heteroatoms. The highest BCUT2D eigenvalue weighted by molar-refractivity contribution is 7.98. The Bertz CT molecular complexity index is 434. The Hall–Kier alpha value is -0.670. The van der Waals surface area contributed by atoms with E-state index < -0.39 is 0 Å². The van der Waals surface area contributed by atoms with Crippen molar-refractivity contribution in [2.75, 3.05) is 5.75 Å². The number of phenolic OH excluding ortho intramolecular Hbond substituents is 1. The first kappa shape index (κ1) is 9.87. The standard InChI is InChI=1S/C11H12OS2/c1-2-13-7-8-6-9-10(12)4-3-5-11(9)14-8/h3-6,12H,2,7H2,1H3. The van der Waals surface area contributed by atoms with Gasteiger partial charge in [0.2, 0.25) is 0 Å². The molecule has 2 rings (SSSR count). The molecular formula is C11H12OS2. The number of benzene rings is 1. The van der Waals surface area contributed by atoms with Crippen LogP contribution in [-0.2, 0) is 5.75 Å². The number of phenols is 1. The van der Waals surface area contributed by atoms with Crippen LogP contribution in [-0.4, -0.2) is 10.9 Å². The Balaban J connectivity index is 2.36. The zero-order valence-corrected chi connectivity index (χ0v) is 9.62. The van der Waals surface area contributed by atoms with Crippen LogP contribution in [0.3, 0.4) is 0 Å². The summed E-state index contributed by atoms with van der Waals surface area (Å²) < 4.78 is 1.18. The summed E-state index contributed by atoms with van der Waals surface area (Å²) >= 11 is 3.68. The summed E-state index contributed by atoms with van der Waals surface area (Å²) in [6.45, 7) is 2.16.